The zero-order valence-corrected chi connectivity index (χ0v) is 19.0. The molecule has 2 heterocycles. The lowest BCUT2D eigenvalue weighted by molar-refractivity contribution is -0.133. The molecule has 0 unspecified atom stereocenters. The van der Waals surface area contributed by atoms with E-state index in [1.807, 2.05) is 67.6 Å². The number of carbonyl (C=O) groups is 3. The molecule has 170 valence electrons. The van der Waals surface area contributed by atoms with Gasteiger partial charge >= 0.3 is 6.03 Å². The van der Waals surface area contributed by atoms with E-state index in [0.29, 0.717) is 24.2 Å². The van der Waals surface area contributed by atoms with Gasteiger partial charge in [0.05, 0.1) is 22.8 Å². The van der Waals surface area contributed by atoms with Gasteiger partial charge in [-0.2, -0.15) is 5.10 Å². The van der Waals surface area contributed by atoms with Crippen LogP contribution in [0, 0.1) is 13.8 Å². The minimum Gasteiger partial charge on any atom is -0.323 e. The van der Waals surface area contributed by atoms with Crippen LogP contribution in [-0.2, 0) is 16.0 Å². The molecule has 1 aromatic heterocycles. The lowest BCUT2D eigenvalue weighted by Gasteiger charge is -2.21. The van der Waals surface area contributed by atoms with E-state index in [1.165, 1.54) is 0 Å². The molecule has 1 saturated heterocycles. The van der Waals surface area contributed by atoms with Crippen LogP contribution in [0.2, 0.25) is 0 Å². The highest BCUT2D eigenvalue weighted by Gasteiger charge is 2.47. The topological polar surface area (TPSA) is 96.3 Å². The van der Waals surface area contributed by atoms with Crippen molar-refractivity contribution in [2.24, 2.45) is 0 Å². The SMILES string of the molecule is Cc1nn(-c2ccccc2)c(C)c1NC(=O)CN1C(=O)N[C@@](C)(CCc2ccccc2)C1=O. The van der Waals surface area contributed by atoms with Crippen molar-refractivity contribution in [3.8, 4) is 5.69 Å². The number of carbonyl (C=O) groups excluding carboxylic acids is 3. The molecular weight excluding hydrogens is 418 g/mol. The quantitative estimate of drug-likeness (QED) is 0.545. The first-order valence-electron chi connectivity index (χ1n) is 10.9. The molecule has 3 aromatic rings. The fraction of sp³-hybridized carbons (Fsp3) is 0.280. The summed E-state index contributed by atoms with van der Waals surface area (Å²) in [4.78, 5) is 39.3. The molecular formula is C25H27N5O3. The summed E-state index contributed by atoms with van der Waals surface area (Å²) < 4.78 is 1.75. The largest absolute Gasteiger partial charge is 0.325 e. The smallest absolute Gasteiger partial charge is 0.323 e. The highest BCUT2D eigenvalue weighted by molar-refractivity contribution is 6.10. The molecule has 8 nitrogen and oxygen atoms in total. The second-order valence-electron chi connectivity index (χ2n) is 8.48. The van der Waals surface area contributed by atoms with Crippen LogP contribution < -0.4 is 10.6 Å². The van der Waals surface area contributed by atoms with E-state index in [0.717, 1.165) is 21.8 Å². The van der Waals surface area contributed by atoms with Crippen LogP contribution in [0.4, 0.5) is 10.5 Å². The van der Waals surface area contributed by atoms with Crippen LogP contribution in [0.3, 0.4) is 0 Å². The number of urea groups is 1. The number of hydrogen-bond donors (Lipinski definition) is 2. The molecule has 2 aromatic carbocycles. The second-order valence-corrected chi connectivity index (χ2v) is 8.48. The summed E-state index contributed by atoms with van der Waals surface area (Å²) in [5.41, 5.74) is 2.89. The number of hydrogen-bond acceptors (Lipinski definition) is 4. The highest BCUT2D eigenvalue weighted by Crippen LogP contribution is 2.25. The molecule has 33 heavy (non-hydrogen) atoms. The first kappa shape index (κ1) is 22.3. The molecule has 4 rings (SSSR count). The Morgan fingerprint density at radius 3 is 2.33 bits per heavy atom. The van der Waals surface area contributed by atoms with Gasteiger partial charge in [-0.3, -0.25) is 14.5 Å². The van der Waals surface area contributed by atoms with Crippen molar-refractivity contribution in [2.75, 3.05) is 11.9 Å². The summed E-state index contributed by atoms with van der Waals surface area (Å²) in [7, 11) is 0. The van der Waals surface area contributed by atoms with Crippen LogP contribution in [0.15, 0.2) is 60.7 Å². The lowest BCUT2D eigenvalue weighted by atomic mass is 9.93. The third-order valence-corrected chi connectivity index (χ3v) is 5.96. The van der Waals surface area contributed by atoms with Gasteiger partial charge in [0.2, 0.25) is 5.91 Å². The van der Waals surface area contributed by atoms with Crippen molar-refractivity contribution in [2.45, 2.75) is 39.2 Å². The van der Waals surface area contributed by atoms with Gasteiger partial charge in [0.1, 0.15) is 12.1 Å². The molecule has 8 heteroatoms. The van der Waals surface area contributed by atoms with E-state index >= 15 is 0 Å². The van der Waals surface area contributed by atoms with Crippen molar-refractivity contribution in [3.05, 3.63) is 77.6 Å². The van der Waals surface area contributed by atoms with Crippen molar-refractivity contribution in [3.63, 3.8) is 0 Å². The van der Waals surface area contributed by atoms with Gasteiger partial charge in [0, 0.05) is 0 Å². The molecule has 0 bridgehead atoms. The zero-order valence-electron chi connectivity index (χ0n) is 19.0. The van der Waals surface area contributed by atoms with Crippen molar-refractivity contribution < 1.29 is 14.4 Å². The van der Waals surface area contributed by atoms with E-state index in [9.17, 15) is 14.4 Å². The summed E-state index contributed by atoms with van der Waals surface area (Å²) in [6.45, 7) is 5.00. The molecule has 0 spiro atoms. The minimum atomic E-state index is -1.04. The Bertz CT molecular complexity index is 1190. The minimum absolute atomic E-state index is 0.360. The van der Waals surface area contributed by atoms with Crippen LogP contribution in [0.5, 0.6) is 0 Å². The van der Waals surface area contributed by atoms with Crippen LogP contribution in [0.25, 0.3) is 5.69 Å². The van der Waals surface area contributed by atoms with Gasteiger partial charge in [-0.25, -0.2) is 9.48 Å². The molecule has 4 amide bonds. The Hall–Kier alpha value is -3.94. The van der Waals surface area contributed by atoms with Crippen molar-refractivity contribution >= 4 is 23.5 Å². The van der Waals surface area contributed by atoms with Gasteiger partial charge in [0.25, 0.3) is 5.91 Å². The fourth-order valence-corrected chi connectivity index (χ4v) is 4.07. The fourth-order valence-electron chi connectivity index (χ4n) is 4.07. The number of para-hydroxylation sites is 1. The molecule has 0 radical (unpaired) electrons. The summed E-state index contributed by atoms with van der Waals surface area (Å²) in [5.74, 6) is -0.850. The molecule has 1 fully saturated rings. The average Bonchev–Trinajstić information content (AvgIpc) is 3.21. The van der Waals surface area contributed by atoms with E-state index in [-0.39, 0.29) is 6.54 Å². The van der Waals surface area contributed by atoms with Crippen LogP contribution >= 0.6 is 0 Å². The number of aryl methyl sites for hydroxylation is 2. The first-order chi connectivity index (χ1) is 15.8. The first-order valence-corrected chi connectivity index (χ1v) is 10.9. The number of benzene rings is 2. The summed E-state index contributed by atoms with van der Waals surface area (Å²) in [6.07, 6.45) is 1.09. The number of nitrogens with one attached hydrogen (secondary N) is 2. The number of imide groups is 1. The Balaban J connectivity index is 1.43. The third-order valence-electron chi connectivity index (χ3n) is 5.96. The summed E-state index contributed by atoms with van der Waals surface area (Å²) in [5, 5.41) is 10.1. The van der Waals surface area contributed by atoms with E-state index in [2.05, 4.69) is 15.7 Å². The van der Waals surface area contributed by atoms with Gasteiger partial charge in [-0.1, -0.05) is 48.5 Å². The molecule has 1 aliphatic heterocycles. The maximum atomic E-state index is 13.0. The predicted molar refractivity (Wildman–Crippen MR) is 125 cm³/mol. The number of anilines is 1. The van der Waals surface area contributed by atoms with Crippen molar-refractivity contribution in [1.82, 2.24) is 20.0 Å². The van der Waals surface area contributed by atoms with Gasteiger partial charge in [-0.15, -0.1) is 0 Å². The number of aromatic nitrogens is 2. The molecule has 1 aliphatic rings. The number of rotatable bonds is 7. The van der Waals surface area contributed by atoms with E-state index < -0.39 is 23.4 Å². The maximum absolute atomic E-state index is 13.0. The molecule has 0 saturated carbocycles. The summed E-state index contributed by atoms with van der Waals surface area (Å²) >= 11 is 0. The van der Waals surface area contributed by atoms with Crippen LogP contribution in [0.1, 0.15) is 30.3 Å². The Kier molecular flexibility index (Phi) is 6.00. The molecule has 1 atom stereocenters. The molecule has 0 aliphatic carbocycles. The zero-order chi connectivity index (χ0) is 23.6. The number of amides is 4. The van der Waals surface area contributed by atoms with Gasteiger partial charge in [0.15, 0.2) is 0 Å². The monoisotopic (exact) mass is 445 g/mol. The Morgan fingerprint density at radius 1 is 1.03 bits per heavy atom. The Morgan fingerprint density at radius 2 is 1.67 bits per heavy atom. The molecule has 2 N–H and O–H groups in total. The maximum Gasteiger partial charge on any atom is 0.325 e. The lowest BCUT2D eigenvalue weighted by Crippen LogP contribution is -2.45. The van der Waals surface area contributed by atoms with E-state index in [1.54, 1.807) is 18.5 Å². The predicted octanol–water partition coefficient (Wildman–Crippen LogP) is 3.37. The van der Waals surface area contributed by atoms with Crippen LogP contribution in [-0.4, -0.2) is 44.6 Å². The van der Waals surface area contributed by atoms with Crippen molar-refractivity contribution in [1.29, 1.82) is 0 Å². The van der Waals surface area contributed by atoms with Gasteiger partial charge < -0.3 is 10.6 Å². The van der Waals surface area contributed by atoms with Gasteiger partial charge in [-0.05, 0) is 51.3 Å². The normalized spacial score (nSPS) is 17.8. The number of nitrogens with zero attached hydrogens (tertiary/aromatic N) is 3. The van der Waals surface area contributed by atoms with E-state index in [4.69, 9.17) is 0 Å². The second kappa shape index (κ2) is 8.90. The third kappa shape index (κ3) is 4.50. The average molecular weight is 446 g/mol. The standard InChI is InChI=1S/C25H27N5O3/c1-17-22(18(2)30(28-17)20-12-8-5-9-13-20)26-21(31)16-29-23(32)25(3,27-24(29)33)15-14-19-10-6-4-7-11-19/h4-13H,14-16H2,1-3H3,(H,26,31)(H,27,33)/t25-/m0/s1. The summed E-state index contributed by atoms with van der Waals surface area (Å²) in [6, 6.07) is 18.8. The Labute approximate surface area is 192 Å². The highest BCUT2D eigenvalue weighted by atomic mass is 16.2.